The summed E-state index contributed by atoms with van der Waals surface area (Å²) in [6.45, 7) is 1.98. The van der Waals surface area contributed by atoms with E-state index in [1.54, 1.807) is 18.2 Å². The summed E-state index contributed by atoms with van der Waals surface area (Å²) in [4.78, 5) is 28.2. The van der Waals surface area contributed by atoms with E-state index in [1.807, 2.05) is 32.1 Å². The molecular formula is C25H29BrN6O3S. The van der Waals surface area contributed by atoms with Crippen LogP contribution >= 0.6 is 15.9 Å². The van der Waals surface area contributed by atoms with Gasteiger partial charge in [0.2, 0.25) is 15.8 Å². The Labute approximate surface area is 219 Å². The van der Waals surface area contributed by atoms with Gasteiger partial charge in [0.25, 0.3) is 5.91 Å². The van der Waals surface area contributed by atoms with Gasteiger partial charge < -0.3 is 15.5 Å². The van der Waals surface area contributed by atoms with E-state index >= 15 is 0 Å². The Bertz CT molecular complexity index is 1360. The number of aromatic nitrogens is 3. The number of halogens is 1. The van der Waals surface area contributed by atoms with Crippen LogP contribution in [0.1, 0.15) is 41.6 Å². The van der Waals surface area contributed by atoms with Gasteiger partial charge in [-0.15, -0.1) is 0 Å². The van der Waals surface area contributed by atoms with Gasteiger partial charge in [-0.05, 0) is 62.9 Å². The largest absolute Gasteiger partial charge is 0.362 e. The number of hydrogen-bond acceptors (Lipinski definition) is 8. The molecule has 1 amide bonds. The lowest BCUT2D eigenvalue weighted by Gasteiger charge is -2.30. The summed E-state index contributed by atoms with van der Waals surface area (Å²) in [7, 11) is -0.0652. The molecule has 0 radical (unpaired) electrons. The Kier molecular flexibility index (Phi) is 7.89. The molecule has 36 heavy (non-hydrogen) atoms. The monoisotopic (exact) mass is 572 g/mol. The second kappa shape index (κ2) is 10.9. The van der Waals surface area contributed by atoms with Crippen molar-refractivity contribution in [3.8, 4) is 0 Å². The predicted octanol–water partition coefficient (Wildman–Crippen LogP) is 3.99. The second-order valence-corrected chi connectivity index (χ2v) is 11.9. The van der Waals surface area contributed by atoms with E-state index in [0.717, 1.165) is 37.1 Å². The third kappa shape index (κ3) is 5.84. The van der Waals surface area contributed by atoms with E-state index in [2.05, 4.69) is 41.5 Å². The van der Waals surface area contributed by atoms with Crippen LogP contribution in [-0.4, -0.2) is 55.5 Å². The molecule has 0 saturated heterocycles. The Hall–Kier alpha value is -3.05. The van der Waals surface area contributed by atoms with Crippen molar-refractivity contribution in [1.29, 1.82) is 0 Å². The third-order valence-electron chi connectivity index (χ3n) is 6.14. The van der Waals surface area contributed by atoms with Gasteiger partial charge >= 0.3 is 0 Å². The summed E-state index contributed by atoms with van der Waals surface area (Å²) < 4.78 is 27.1. The number of anilines is 2. The molecule has 1 aromatic carbocycles. The summed E-state index contributed by atoms with van der Waals surface area (Å²) in [5.41, 5.74) is 1.05. The zero-order valence-corrected chi connectivity index (χ0v) is 22.8. The lowest BCUT2D eigenvalue weighted by Crippen LogP contribution is -2.40. The van der Waals surface area contributed by atoms with Crippen LogP contribution in [0.5, 0.6) is 0 Å². The maximum atomic E-state index is 13.2. The Morgan fingerprint density at radius 2 is 1.78 bits per heavy atom. The highest BCUT2D eigenvalue weighted by atomic mass is 79.9. The number of carbonyl (C=O) groups excluding carboxylic acids is 1. The highest BCUT2D eigenvalue weighted by Gasteiger charge is 2.29. The summed E-state index contributed by atoms with van der Waals surface area (Å²) in [5.74, 6) is 1.03. The van der Waals surface area contributed by atoms with Crippen molar-refractivity contribution < 1.29 is 13.2 Å². The van der Waals surface area contributed by atoms with E-state index < -0.39 is 15.7 Å². The summed E-state index contributed by atoms with van der Waals surface area (Å²) in [5, 5.41) is 6.17. The molecule has 9 nitrogen and oxygen atoms in total. The Morgan fingerprint density at radius 3 is 2.47 bits per heavy atom. The van der Waals surface area contributed by atoms with Crippen LogP contribution in [0.3, 0.4) is 0 Å². The first-order valence-corrected chi connectivity index (χ1v) is 14.0. The van der Waals surface area contributed by atoms with Crippen LogP contribution in [0.15, 0.2) is 63.2 Å². The van der Waals surface area contributed by atoms with Gasteiger partial charge in [0.1, 0.15) is 5.82 Å². The topological polar surface area (TPSA) is 117 Å². The van der Waals surface area contributed by atoms with Crippen LogP contribution in [0.2, 0.25) is 0 Å². The van der Waals surface area contributed by atoms with Crippen LogP contribution in [0, 0.1) is 6.92 Å². The number of benzene rings is 1. The van der Waals surface area contributed by atoms with Crippen molar-refractivity contribution in [3.05, 3.63) is 64.4 Å². The molecule has 1 aliphatic carbocycles. The first-order chi connectivity index (χ1) is 17.1. The number of carbonyl (C=O) groups is 1. The molecule has 0 unspecified atom stereocenters. The molecule has 0 bridgehead atoms. The molecule has 1 aliphatic rings. The molecule has 3 aromatic rings. The molecular weight excluding hydrogens is 544 g/mol. The zero-order valence-electron chi connectivity index (χ0n) is 20.4. The van der Waals surface area contributed by atoms with Crippen molar-refractivity contribution in [3.63, 3.8) is 0 Å². The normalized spacial score (nSPS) is 17.9. The average Bonchev–Trinajstić information content (AvgIpc) is 2.86. The van der Waals surface area contributed by atoms with Gasteiger partial charge in [-0.3, -0.25) is 4.79 Å². The van der Waals surface area contributed by atoms with E-state index in [-0.39, 0.29) is 27.6 Å². The maximum Gasteiger partial charge on any atom is 0.254 e. The fourth-order valence-corrected chi connectivity index (χ4v) is 6.27. The highest BCUT2D eigenvalue weighted by Crippen LogP contribution is 2.26. The number of nitrogens with zero attached hydrogens (tertiary/aromatic N) is 4. The minimum Gasteiger partial charge on any atom is -0.362 e. The SMILES string of the molecule is Cc1cnc(N[C@H]2CC[C@@H](NC(=O)c3cccnc3S(=O)(=O)c3cccc(Br)c3)CC2)nc1N(C)C. The Balaban J connectivity index is 1.41. The zero-order chi connectivity index (χ0) is 25.9. The van der Waals surface area contributed by atoms with Crippen molar-refractivity contribution in [2.45, 2.75) is 54.6 Å². The molecule has 1 fully saturated rings. The van der Waals surface area contributed by atoms with Gasteiger partial charge in [0.05, 0.1) is 10.5 Å². The number of aryl methyl sites for hydroxylation is 1. The first-order valence-electron chi connectivity index (χ1n) is 11.7. The van der Waals surface area contributed by atoms with Gasteiger partial charge in [0, 0.05) is 48.6 Å². The summed E-state index contributed by atoms with van der Waals surface area (Å²) >= 11 is 3.30. The maximum absolute atomic E-state index is 13.2. The molecule has 2 heterocycles. The number of sulfone groups is 1. The minimum atomic E-state index is -3.96. The van der Waals surface area contributed by atoms with Crippen LogP contribution in [-0.2, 0) is 9.84 Å². The molecule has 2 N–H and O–H groups in total. The fraction of sp³-hybridized carbons (Fsp3) is 0.360. The van der Waals surface area contributed by atoms with E-state index in [9.17, 15) is 13.2 Å². The number of hydrogen-bond donors (Lipinski definition) is 2. The summed E-state index contributed by atoms with van der Waals surface area (Å²) in [6, 6.07) is 9.56. The highest BCUT2D eigenvalue weighted by molar-refractivity contribution is 9.10. The van der Waals surface area contributed by atoms with Gasteiger partial charge in [-0.25, -0.2) is 18.4 Å². The average molecular weight is 574 g/mol. The molecule has 0 aliphatic heterocycles. The number of rotatable bonds is 7. The van der Waals surface area contributed by atoms with E-state index in [1.165, 1.54) is 24.4 Å². The quantitative estimate of drug-likeness (QED) is 0.436. The third-order valence-corrected chi connectivity index (χ3v) is 8.34. The lowest BCUT2D eigenvalue weighted by atomic mass is 9.91. The van der Waals surface area contributed by atoms with E-state index in [0.29, 0.717) is 10.4 Å². The molecule has 11 heteroatoms. The lowest BCUT2D eigenvalue weighted by molar-refractivity contribution is 0.0922. The van der Waals surface area contributed by atoms with Crippen LogP contribution in [0.25, 0.3) is 0 Å². The molecule has 0 spiro atoms. The number of pyridine rings is 1. The molecule has 190 valence electrons. The van der Waals surface area contributed by atoms with Crippen molar-refractivity contribution in [1.82, 2.24) is 20.3 Å². The molecule has 4 rings (SSSR count). The van der Waals surface area contributed by atoms with Crippen LogP contribution < -0.4 is 15.5 Å². The van der Waals surface area contributed by atoms with Gasteiger partial charge in [-0.1, -0.05) is 22.0 Å². The van der Waals surface area contributed by atoms with Crippen LogP contribution in [0.4, 0.5) is 11.8 Å². The number of nitrogens with one attached hydrogen (secondary N) is 2. The van der Waals surface area contributed by atoms with E-state index in [4.69, 9.17) is 0 Å². The fourth-order valence-electron chi connectivity index (χ4n) is 4.31. The number of amides is 1. The van der Waals surface area contributed by atoms with Crippen molar-refractivity contribution >= 4 is 43.4 Å². The van der Waals surface area contributed by atoms with Crippen molar-refractivity contribution in [2.75, 3.05) is 24.3 Å². The first kappa shape index (κ1) is 26.0. The van der Waals surface area contributed by atoms with Gasteiger partial charge in [0.15, 0.2) is 5.03 Å². The second-order valence-electron chi connectivity index (χ2n) is 9.08. The molecule has 0 atom stereocenters. The predicted molar refractivity (Wildman–Crippen MR) is 142 cm³/mol. The van der Waals surface area contributed by atoms with Crippen molar-refractivity contribution in [2.24, 2.45) is 0 Å². The Morgan fingerprint density at radius 1 is 1.06 bits per heavy atom. The molecule has 1 saturated carbocycles. The summed E-state index contributed by atoms with van der Waals surface area (Å²) in [6.07, 6.45) is 6.36. The smallest absolute Gasteiger partial charge is 0.254 e. The van der Waals surface area contributed by atoms with Gasteiger partial charge in [-0.2, -0.15) is 4.98 Å². The standard InChI is InChI=1S/C25H29BrN6O3S/c1-16-15-28-25(31-22(16)32(2)3)30-19-11-9-18(10-12-19)29-23(33)21-8-5-13-27-24(21)36(34,35)20-7-4-6-17(26)14-20/h4-8,13-15,18-19H,9-12H2,1-3H3,(H,29,33)(H,28,30,31)/t18-,19+. The molecule has 2 aromatic heterocycles. The minimum absolute atomic E-state index is 0.0435.